The molecule has 20 heavy (non-hydrogen) atoms. The number of benzene rings is 2. The third-order valence-electron chi connectivity index (χ3n) is 2.61. The highest BCUT2D eigenvalue weighted by molar-refractivity contribution is 7.80. The predicted octanol–water partition coefficient (Wildman–Crippen LogP) is 5.25. The molecule has 0 saturated carbocycles. The van der Waals surface area contributed by atoms with E-state index in [1.54, 1.807) is 6.07 Å². The maximum absolute atomic E-state index is 13.2. The Morgan fingerprint density at radius 3 is 2.45 bits per heavy atom. The number of thiocarbonyl (C=S) groups is 1. The monoisotopic (exact) mass is 328 g/mol. The van der Waals surface area contributed by atoms with E-state index in [1.807, 2.05) is 19.1 Å². The number of aryl methyl sites for hydroxylation is 1. The minimum absolute atomic E-state index is 0.322. The quantitative estimate of drug-likeness (QED) is 0.736. The Morgan fingerprint density at radius 2 is 1.75 bits per heavy atom. The summed E-state index contributed by atoms with van der Waals surface area (Å²) in [7, 11) is 0. The molecule has 104 valence electrons. The second-order valence-corrected chi connectivity index (χ2v) is 5.41. The van der Waals surface area contributed by atoms with Crippen molar-refractivity contribution < 1.29 is 4.39 Å². The van der Waals surface area contributed by atoms with Crippen molar-refractivity contribution in [1.29, 1.82) is 0 Å². The van der Waals surface area contributed by atoms with Crippen molar-refractivity contribution in [3.05, 3.63) is 57.8 Å². The van der Waals surface area contributed by atoms with E-state index in [0.717, 1.165) is 11.3 Å². The molecule has 0 aliphatic heterocycles. The van der Waals surface area contributed by atoms with Gasteiger partial charge in [-0.05, 0) is 61.1 Å². The molecule has 0 aromatic heterocycles. The highest BCUT2D eigenvalue weighted by atomic mass is 35.5. The Bertz CT molecular complexity index is 662. The molecule has 0 spiro atoms. The van der Waals surface area contributed by atoms with E-state index in [2.05, 4.69) is 10.6 Å². The van der Waals surface area contributed by atoms with E-state index in [9.17, 15) is 4.39 Å². The van der Waals surface area contributed by atoms with Crippen molar-refractivity contribution in [2.24, 2.45) is 0 Å². The van der Waals surface area contributed by atoms with Gasteiger partial charge < -0.3 is 10.6 Å². The molecule has 0 saturated heterocycles. The van der Waals surface area contributed by atoms with Crippen LogP contribution in [0.25, 0.3) is 0 Å². The molecule has 0 fully saturated rings. The lowest BCUT2D eigenvalue weighted by atomic mass is 10.2. The molecule has 0 heterocycles. The van der Waals surface area contributed by atoms with Gasteiger partial charge in [-0.1, -0.05) is 23.2 Å². The van der Waals surface area contributed by atoms with Crippen LogP contribution in [0.2, 0.25) is 10.0 Å². The maximum Gasteiger partial charge on any atom is 0.175 e. The summed E-state index contributed by atoms with van der Waals surface area (Å²) in [5.74, 6) is -0.387. The van der Waals surface area contributed by atoms with Crippen molar-refractivity contribution in [1.82, 2.24) is 0 Å². The summed E-state index contributed by atoms with van der Waals surface area (Å²) < 4.78 is 13.2. The minimum atomic E-state index is -0.387. The van der Waals surface area contributed by atoms with Gasteiger partial charge in [-0.15, -0.1) is 0 Å². The van der Waals surface area contributed by atoms with Gasteiger partial charge in [-0.25, -0.2) is 4.39 Å². The minimum Gasteiger partial charge on any atom is -0.332 e. The van der Waals surface area contributed by atoms with Gasteiger partial charge >= 0.3 is 0 Å². The second kappa shape index (κ2) is 6.39. The van der Waals surface area contributed by atoms with Crippen LogP contribution in [0.5, 0.6) is 0 Å². The number of nitrogens with one attached hydrogen (secondary N) is 2. The molecule has 2 rings (SSSR count). The van der Waals surface area contributed by atoms with Crippen molar-refractivity contribution in [3.8, 4) is 0 Å². The molecule has 6 heteroatoms. The molecule has 2 aromatic rings. The Kier molecular flexibility index (Phi) is 4.81. The van der Waals surface area contributed by atoms with Gasteiger partial charge in [0, 0.05) is 10.7 Å². The zero-order valence-electron chi connectivity index (χ0n) is 10.5. The molecule has 0 bridgehead atoms. The molecule has 2 N–H and O–H groups in total. The molecule has 0 amide bonds. The standard InChI is InChI=1S/C14H11Cl2FN2S/c1-8-6-9(15)2-5-12(8)18-14(20)19-13-7-10(17)3-4-11(13)16/h2-7H,1H3,(H2,18,19,20). The summed E-state index contributed by atoms with van der Waals surface area (Å²) in [6.45, 7) is 1.91. The third kappa shape index (κ3) is 3.82. The highest BCUT2D eigenvalue weighted by Crippen LogP contribution is 2.23. The number of rotatable bonds is 2. The van der Waals surface area contributed by atoms with Crippen LogP contribution < -0.4 is 10.6 Å². The van der Waals surface area contributed by atoms with E-state index < -0.39 is 0 Å². The van der Waals surface area contributed by atoms with Crippen LogP contribution in [0.15, 0.2) is 36.4 Å². The van der Waals surface area contributed by atoms with Gasteiger partial charge in [0.05, 0.1) is 10.7 Å². The van der Waals surface area contributed by atoms with Gasteiger partial charge in [0.25, 0.3) is 0 Å². The van der Waals surface area contributed by atoms with Crippen molar-refractivity contribution in [2.45, 2.75) is 6.92 Å². The summed E-state index contributed by atoms with van der Waals surface area (Å²) in [6, 6.07) is 9.43. The molecule has 0 unspecified atom stereocenters. The van der Waals surface area contributed by atoms with Gasteiger partial charge in [-0.2, -0.15) is 0 Å². The summed E-state index contributed by atoms with van der Waals surface area (Å²) in [5.41, 5.74) is 2.18. The lowest BCUT2D eigenvalue weighted by Crippen LogP contribution is -2.19. The van der Waals surface area contributed by atoms with Crippen molar-refractivity contribution in [2.75, 3.05) is 10.6 Å². The average molecular weight is 329 g/mol. The first kappa shape index (κ1) is 15.0. The van der Waals surface area contributed by atoms with Crippen LogP contribution in [-0.4, -0.2) is 5.11 Å². The molecule has 0 aliphatic carbocycles. The fourth-order valence-corrected chi connectivity index (χ4v) is 2.25. The zero-order valence-corrected chi connectivity index (χ0v) is 12.8. The van der Waals surface area contributed by atoms with Crippen molar-refractivity contribution in [3.63, 3.8) is 0 Å². The first-order valence-electron chi connectivity index (χ1n) is 5.75. The molecule has 2 aromatic carbocycles. The Balaban J connectivity index is 2.11. The number of anilines is 2. The van der Waals surface area contributed by atoms with Crippen LogP contribution in [0.1, 0.15) is 5.56 Å². The predicted molar refractivity (Wildman–Crippen MR) is 87.4 cm³/mol. The van der Waals surface area contributed by atoms with Crippen LogP contribution >= 0.6 is 35.4 Å². The molecule has 0 radical (unpaired) electrons. The molecule has 2 nitrogen and oxygen atoms in total. The smallest absolute Gasteiger partial charge is 0.175 e. The fourth-order valence-electron chi connectivity index (χ4n) is 1.64. The maximum atomic E-state index is 13.2. The van der Waals surface area contributed by atoms with E-state index >= 15 is 0 Å². The summed E-state index contributed by atoms with van der Waals surface area (Å²) in [6.07, 6.45) is 0. The second-order valence-electron chi connectivity index (χ2n) is 4.16. The third-order valence-corrected chi connectivity index (χ3v) is 3.38. The highest BCUT2D eigenvalue weighted by Gasteiger charge is 2.06. The molecule has 0 aliphatic rings. The summed E-state index contributed by atoms with van der Waals surface area (Å²) >= 11 is 17.0. The number of hydrogen-bond donors (Lipinski definition) is 2. The van der Waals surface area contributed by atoms with Gasteiger partial charge in [-0.3, -0.25) is 0 Å². The van der Waals surface area contributed by atoms with E-state index in [1.165, 1.54) is 18.2 Å². The number of halogens is 3. The summed E-state index contributed by atoms with van der Waals surface area (Å²) in [4.78, 5) is 0. The number of hydrogen-bond acceptors (Lipinski definition) is 1. The summed E-state index contributed by atoms with van der Waals surface area (Å²) in [5, 5.41) is 7.24. The SMILES string of the molecule is Cc1cc(Cl)ccc1NC(=S)Nc1cc(F)ccc1Cl. The first-order chi connectivity index (χ1) is 9.45. The molecular formula is C14H11Cl2FN2S. The topological polar surface area (TPSA) is 24.1 Å². The first-order valence-corrected chi connectivity index (χ1v) is 6.91. The van der Waals surface area contributed by atoms with Crippen LogP contribution in [-0.2, 0) is 0 Å². The van der Waals surface area contributed by atoms with Crippen LogP contribution in [0.3, 0.4) is 0 Å². The fraction of sp³-hybridized carbons (Fsp3) is 0.0714. The Labute approximate surface area is 131 Å². The van der Waals surface area contributed by atoms with Crippen molar-refractivity contribution >= 4 is 51.9 Å². The normalized spacial score (nSPS) is 10.2. The zero-order chi connectivity index (χ0) is 14.7. The Hall–Kier alpha value is -1.36. The van der Waals surface area contributed by atoms with Crippen LogP contribution in [0, 0.1) is 12.7 Å². The van der Waals surface area contributed by atoms with Crippen LogP contribution in [0.4, 0.5) is 15.8 Å². The largest absolute Gasteiger partial charge is 0.332 e. The lowest BCUT2D eigenvalue weighted by Gasteiger charge is -2.13. The van der Waals surface area contributed by atoms with Gasteiger partial charge in [0.1, 0.15) is 5.82 Å². The average Bonchev–Trinajstić information content (AvgIpc) is 2.37. The van der Waals surface area contributed by atoms with E-state index in [4.69, 9.17) is 35.4 Å². The van der Waals surface area contributed by atoms with Gasteiger partial charge in [0.2, 0.25) is 0 Å². The lowest BCUT2D eigenvalue weighted by molar-refractivity contribution is 0.628. The van der Waals surface area contributed by atoms with Gasteiger partial charge in [0.15, 0.2) is 5.11 Å². The molecule has 0 atom stereocenters. The molecular weight excluding hydrogens is 318 g/mol. The Morgan fingerprint density at radius 1 is 1.05 bits per heavy atom. The van der Waals surface area contributed by atoms with E-state index in [0.29, 0.717) is 20.8 Å². The van der Waals surface area contributed by atoms with E-state index in [-0.39, 0.29) is 5.82 Å².